The van der Waals surface area contributed by atoms with Gasteiger partial charge in [0.15, 0.2) is 0 Å². The summed E-state index contributed by atoms with van der Waals surface area (Å²) < 4.78 is 4.80. The van der Waals surface area contributed by atoms with E-state index >= 15 is 0 Å². The highest BCUT2D eigenvalue weighted by molar-refractivity contribution is 7.71. The van der Waals surface area contributed by atoms with Crippen LogP contribution in [0.3, 0.4) is 0 Å². The topological polar surface area (TPSA) is 65.9 Å². The minimum Gasteiger partial charge on any atom is -0.464 e. The Morgan fingerprint density at radius 3 is 3.00 bits per heavy atom. The summed E-state index contributed by atoms with van der Waals surface area (Å²) in [4.78, 5) is 13.7. The molecule has 0 aliphatic heterocycles. The van der Waals surface area contributed by atoms with E-state index in [2.05, 4.69) is 9.72 Å². The van der Waals surface area contributed by atoms with Crippen LogP contribution in [0.2, 0.25) is 0 Å². The fourth-order valence-corrected chi connectivity index (χ4v) is 1.07. The lowest BCUT2D eigenvalue weighted by Gasteiger charge is -2.00. The van der Waals surface area contributed by atoms with E-state index in [-0.39, 0.29) is 11.3 Å². The number of nitrogens with zero attached hydrogens (tertiary/aromatic N) is 1. The summed E-state index contributed by atoms with van der Waals surface area (Å²) in [5.41, 5.74) is 0.238. The Hall–Kier alpha value is -1.67. The number of pyridine rings is 1. The molecule has 4 nitrogen and oxygen atoms in total. The molecule has 1 heterocycles. The number of hydrogen-bond acceptors (Lipinski definition) is 4. The van der Waals surface area contributed by atoms with Crippen molar-refractivity contribution in [2.75, 3.05) is 7.11 Å². The standard InChI is InChI=1S/C8H6N2O2S/c1-12-8(11)7-5(4-9)6(13)2-3-10-7/h2-3H,1H3,(H,10,13). The summed E-state index contributed by atoms with van der Waals surface area (Å²) in [5.74, 6) is -0.594. The summed E-state index contributed by atoms with van der Waals surface area (Å²) in [6.45, 7) is 0. The summed E-state index contributed by atoms with van der Waals surface area (Å²) in [5, 5.41) is 8.70. The third-order valence-electron chi connectivity index (χ3n) is 1.46. The molecule has 0 aliphatic rings. The van der Waals surface area contributed by atoms with Crippen LogP contribution in [0.4, 0.5) is 0 Å². The molecule has 0 atom stereocenters. The predicted octanol–water partition coefficient (Wildman–Crippen LogP) is 1.40. The van der Waals surface area contributed by atoms with Gasteiger partial charge in [0, 0.05) is 6.20 Å². The van der Waals surface area contributed by atoms with Gasteiger partial charge in [-0.05, 0) is 6.07 Å². The van der Waals surface area contributed by atoms with Gasteiger partial charge in [-0.25, -0.2) is 4.79 Å². The van der Waals surface area contributed by atoms with E-state index in [0.29, 0.717) is 4.51 Å². The third-order valence-corrected chi connectivity index (χ3v) is 1.80. The largest absolute Gasteiger partial charge is 0.464 e. The molecular formula is C8H6N2O2S. The summed E-state index contributed by atoms with van der Waals surface area (Å²) >= 11 is 4.86. The van der Waals surface area contributed by atoms with Crippen LogP contribution in [-0.4, -0.2) is 18.1 Å². The number of nitriles is 1. The first-order valence-electron chi connectivity index (χ1n) is 3.40. The zero-order valence-electron chi connectivity index (χ0n) is 6.83. The zero-order valence-corrected chi connectivity index (χ0v) is 7.64. The molecule has 0 aromatic carbocycles. The Kier molecular flexibility index (Phi) is 2.77. The molecule has 0 spiro atoms. The van der Waals surface area contributed by atoms with Crippen molar-refractivity contribution in [1.82, 2.24) is 4.98 Å². The molecular weight excluding hydrogens is 188 g/mol. The summed E-state index contributed by atoms with van der Waals surface area (Å²) in [6, 6.07) is 3.38. The molecule has 1 N–H and O–H groups in total. The SMILES string of the molecule is COC(=O)c1[nH]ccc(=S)c1C#N. The molecule has 13 heavy (non-hydrogen) atoms. The molecule has 0 aliphatic carbocycles. The van der Waals surface area contributed by atoms with Crippen molar-refractivity contribution in [3.05, 3.63) is 28.0 Å². The molecule has 1 aromatic heterocycles. The van der Waals surface area contributed by atoms with E-state index in [0.717, 1.165) is 0 Å². The maximum absolute atomic E-state index is 11.1. The normalized spacial score (nSPS) is 8.92. The summed E-state index contributed by atoms with van der Waals surface area (Å²) in [6.07, 6.45) is 1.50. The smallest absolute Gasteiger partial charge is 0.355 e. The van der Waals surface area contributed by atoms with Crippen molar-refractivity contribution >= 4 is 18.2 Å². The first kappa shape index (κ1) is 9.42. The van der Waals surface area contributed by atoms with Gasteiger partial charge in [-0.15, -0.1) is 0 Å². The minimum atomic E-state index is -0.594. The highest BCUT2D eigenvalue weighted by Crippen LogP contribution is 2.07. The molecule has 66 valence electrons. The number of hydrogen-bond donors (Lipinski definition) is 1. The number of carbonyl (C=O) groups excluding carboxylic acids is 1. The van der Waals surface area contributed by atoms with Crippen molar-refractivity contribution in [2.24, 2.45) is 0 Å². The van der Waals surface area contributed by atoms with Crippen molar-refractivity contribution in [1.29, 1.82) is 5.26 Å². The Morgan fingerprint density at radius 1 is 1.77 bits per heavy atom. The van der Waals surface area contributed by atoms with Gasteiger partial charge in [-0.3, -0.25) is 0 Å². The summed E-state index contributed by atoms with van der Waals surface area (Å²) in [7, 11) is 1.24. The quantitative estimate of drug-likeness (QED) is 0.542. The number of carbonyl (C=O) groups is 1. The van der Waals surface area contributed by atoms with Crippen molar-refractivity contribution < 1.29 is 9.53 Å². The van der Waals surface area contributed by atoms with Gasteiger partial charge in [0.25, 0.3) is 0 Å². The number of ether oxygens (including phenoxy) is 1. The van der Waals surface area contributed by atoms with Gasteiger partial charge >= 0.3 is 5.97 Å². The van der Waals surface area contributed by atoms with E-state index in [4.69, 9.17) is 17.5 Å². The lowest BCUT2D eigenvalue weighted by Crippen LogP contribution is -2.07. The number of aromatic nitrogens is 1. The van der Waals surface area contributed by atoms with Crippen LogP contribution in [0.15, 0.2) is 12.3 Å². The maximum Gasteiger partial charge on any atom is 0.355 e. The molecule has 1 aromatic rings. The van der Waals surface area contributed by atoms with Crippen LogP contribution >= 0.6 is 12.2 Å². The molecule has 0 bridgehead atoms. The second kappa shape index (κ2) is 3.83. The first-order chi connectivity index (χ1) is 6.20. The number of rotatable bonds is 1. The molecule has 1 rings (SSSR count). The Balaban J connectivity index is 3.39. The molecule has 5 heteroatoms. The lowest BCUT2D eigenvalue weighted by atomic mass is 10.2. The first-order valence-corrected chi connectivity index (χ1v) is 3.81. The molecule has 0 saturated heterocycles. The predicted molar refractivity (Wildman–Crippen MR) is 47.7 cm³/mol. The average Bonchev–Trinajstić information content (AvgIpc) is 2.16. The second-order valence-electron chi connectivity index (χ2n) is 2.20. The van der Waals surface area contributed by atoms with Gasteiger partial charge in [0.1, 0.15) is 17.3 Å². The van der Waals surface area contributed by atoms with E-state index in [1.807, 2.05) is 6.07 Å². The Bertz CT molecular complexity index is 431. The molecule has 0 fully saturated rings. The van der Waals surface area contributed by atoms with Crippen LogP contribution in [0.25, 0.3) is 0 Å². The maximum atomic E-state index is 11.1. The number of esters is 1. The van der Waals surface area contributed by atoms with Gasteiger partial charge in [0.05, 0.1) is 11.6 Å². The fourth-order valence-electron chi connectivity index (χ4n) is 0.853. The number of aromatic amines is 1. The van der Waals surface area contributed by atoms with Crippen molar-refractivity contribution in [3.8, 4) is 6.07 Å². The van der Waals surface area contributed by atoms with Gasteiger partial charge < -0.3 is 9.72 Å². The van der Waals surface area contributed by atoms with E-state index in [9.17, 15) is 4.79 Å². The van der Waals surface area contributed by atoms with Gasteiger partial charge in [0.2, 0.25) is 0 Å². The third kappa shape index (κ3) is 1.73. The highest BCUT2D eigenvalue weighted by Gasteiger charge is 2.12. The van der Waals surface area contributed by atoms with Crippen LogP contribution in [0.5, 0.6) is 0 Å². The minimum absolute atomic E-state index is 0.0949. The van der Waals surface area contributed by atoms with E-state index in [1.54, 1.807) is 6.07 Å². The van der Waals surface area contributed by atoms with Crippen molar-refractivity contribution in [3.63, 3.8) is 0 Å². The van der Waals surface area contributed by atoms with E-state index < -0.39 is 5.97 Å². The van der Waals surface area contributed by atoms with Crippen LogP contribution in [0, 0.1) is 15.8 Å². The molecule has 0 unspecified atom stereocenters. The van der Waals surface area contributed by atoms with Crippen molar-refractivity contribution in [2.45, 2.75) is 0 Å². The van der Waals surface area contributed by atoms with E-state index in [1.165, 1.54) is 13.3 Å². The molecule has 0 saturated carbocycles. The fraction of sp³-hybridized carbons (Fsp3) is 0.125. The lowest BCUT2D eigenvalue weighted by molar-refractivity contribution is 0.0593. The average molecular weight is 194 g/mol. The van der Waals surface area contributed by atoms with Crippen LogP contribution in [0.1, 0.15) is 16.1 Å². The monoisotopic (exact) mass is 194 g/mol. The van der Waals surface area contributed by atoms with Crippen LogP contribution in [-0.2, 0) is 4.74 Å². The van der Waals surface area contributed by atoms with Gasteiger partial charge in [-0.1, -0.05) is 12.2 Å². The number of H-pyrrole nitrogens is 1. The van der Waals surface area contributed by atoms with Crippen LogP contribution < -0.4 is 0 Å². The highest BCUT2D eigenvalue weighted by atomic mass is 32.1. The van der Waals surface area contributed by atoms with Gasteiger partial charge in [-0.2, -0.15) is 5.26 Å². The Labute approximate surface area is 79.8 Å². The second-order valence-corrected chi connectivity index (χ2v) is 2.64. The number of methoxy groups -OCH3 is 1. The Morgan fingerprint density at radius 2 is 2.46 bits per heavy atom. The number of nitrogens with one attached hydrogen (secondary N) is 1. The molecule has 0 amide bonds. The zero-order chi connectivity index (χ0) is 9.84. The molecule has 0 radical (unpaired) electrons.